The van der Waals surface area contributed by atoms with Crippen molar-refractivity contribution in [3.8, 4) is 17.0 Å². The minimum absolute atomic E-state index is 0.184. The van der Waals surface area contributed by atoms with Crippen LogP contribution >= 0.6 is 0 Å². The third-order valence-corrected chi connectivity index (χ3v) is 5.90. The maximum absolute atomic E-state index is 12.7. The summed E-state index contributed by atoms with van der Waals surface area (Å²) in [6.45, 7) is 5.36. The summed E-state index contributed by atoms with van der Waals surface area (Å²) >= 11 is -1.79. The van der Waals surface area contributed by atoms with E-state index in [1.807, 2.05) is 30.3 Å². The Labute approximate surface area is 178 Å². The molecule has 2 amide bonds. The number of aryl methyl sites for hydroxylation is 1. The van der Waals surface area contributed by atoms with E-state index in [4.69, 9.17) is 4.74 Å². The van der Waals surface area contributed by atoms with Gasteiger partial charge in [0.05, 0.1) is 12.3 Å². The minimum atomic E-state index is -1.79. The SMILES string of the molecule is CC(C)c1cccc(-c2ccncc2)c1NC(=O)N[S+]([O-])c1cnn2c1OCCC2. The summed E-state index contributed by atoms with van der Waals surface area (Å²) in [4.78, 5) is 17.2. The number of benzene rings is 1. The summed E-state index contributed by atoms with van der Waals surface area (Å²) in [5.74, 6) is 0.628. The van der Waals surface area contributed by atoms with Gasteiger partial charge < -0.3 is 14.6 Å². The number of amides is 2. The molecule has 1 atom stereocenters. The van der Waals surface area contributed by atoms with Gasteiger partial charge in [-0.3, -0.25) is 4.98 Å². The molecule has 0 aliphatic carbocycles. The van der Waals surface area contributed by atoms with E-state index < -0.39 is 17.4 Å². The van der Waals surface area contributed by atoms with Gasteiger partial charge in [-0.25, -0.2) is 9.48 Å². The normalized spacial score (nSPS) is 14.0. The number of para-hydroxylation sites is 1. The lowest BCUT2D eigenvalue weighted by atomic mass is 9.94. The van der Waals surface area contributed by atoms with Gasteiger partial charge in [0.15, 0.2) is 0 Å². The highest BCUT2D eigenvalue weighted by Gasteiger charge is 2.28. The average molecular weight is 426 g/mol. The highest BCUT2D eigenvalue weighted by Crippen LogP contribution is 2.35. The number of anilines is 1. The second-order valence-corrected chi connectivity index (χ2v) is 8.41. The van der Waals surface area contributed by atoms with Crippen molar-refractivity contribution in [3.05, 3.63) is 54.5 Å². The zero-order valence-electron chi connectivity index (χ0n) is 16.8. The predicted octanol–water partition coefficient (Wildman–Crippen LogP) is 3.70. The van der Waals surface area contributed by atoms with Gasteiger partial charge in [0.1, 0.15) is 17.6 Å². The van der Waals surface area contributed by atoms with Crippen LogP contribution in [0.15, 0.2) is 53.8 Å². The standard InChI is InChI=1S/C21H23N5O3S/c1-14(2)16-5-3-6-17(15-7-9-22-10-8-15)19(16)24-21(27)25-30(28)18-13-23-26-11-4-12-29-20(18)26/h3,5-10,13-14H,4,11-12H2,1-2H3,(H2,24,25,27). The van der Waals surface area contributed by atoms with E-state index in [0.29, 0.717) is 29.6 Å². The van der Waals surface area contributed by atoms with Gasteiger partial charge in [0, 0.05) is 30.9 Å². The van der Waals surface area contributed by atoms with E-state index in [2.05, 4.69) is 34.0 Å². The predicted molar refractivity (Wildman–Crippen MR) is 115 cm³/mol. The molecule has 0 fully saturated rings. The Morgan fingerprint density at radius 2 is 2.07 bits per heavy atom. The summed E-state index contributed by atoms with van der Waals surface area (Å²) in [6, 6.07) is 9.09. The van der Waals surface area contributed by atoms with Crippen molar-refractivity contribution in [3.63, 3.8) is 0 Å². The Kier molecular flexibility index (Phi) is 5.91. The molecular formula is C21H23N5O3S. The molecular weight excluding hydrogens is 402 g/mol. The number of pyridine rings is 1. The lowest BCUT2D eigenvalue weighted by molar-refractivity contribution is 0.224. The maximum atomic E-state index is 12.7. The number of nitrogens with one attached hydrogen (secondary N) is 2. The molecule has 0 saturated heterocycles. The Morgan fingerprint density at radius 1 is 1.27 bits per heavy atom. The largest absolute Gasteiger partial charge is 0.588 e. The first kappa shape index (κ1) is 20.2. The van der Waals surface area contributed by atoms with Crippen LogP contribution in [0.4, 0.5) is 10.5 Å². The van der Waals surface area contributed by atoms with Gasteiger partial charge in [0.25, 0.3) is 10.8 Å². The lowest BCUT2D eigenvalue weighted by Gasteiger charge is -2.19. The van der Waals surface area contributed by atoms with E-state index in [0.717, 1.165) is 23.1 Å². The van der Waals surface area contributed by atoms with E-state index in [-0.39, 0.29) is 5.92 Å². The number of fused-ring (bicyclic) bond motifs is 1. The molecule has 1 unspecified atom stereocenters. The molecule has 1 aliphatic rings. The second-order valence-electron chi connectivity index (χ2n) is 7.22. The smallest absolute Gasteiger partial charge is 0.361 e. The number of aromatic nitrogens is 3. The Balaban J connectivity index is 1.58. The number of hydrogen-bond acceptors (Lipinski definition) is 5. The number of ether oxygens (including phenoxy) is 1. The van der Waals surface area contributed by atoms with Crippen LogP contribution in [0.2, 0.25) is 0 Å². The number of urea groups is 1. The maximum Gasteiger partial charge on any atom is 0.361 e. The lowest BCUT2D eigenvalue weighted by Crippen LogP contribution is -2.35. The fraction of sp³-hybridized carbons (Fsp3) is 0.286. The van der Waals surface area contributed by atoms with Gasteiger partial charge in [0.2, 0.25) is 0 Å². The van der Waals surface area contributed by atoms with Gasteiger partial charge >= 0.3 is 6.03 Å². The third kappa shape index (κ3) is 4.12. The fourth-order valence-corrected chi connectivity index (χ4v) is 4.21. The number of rotatable bonds is 5. The summed E-state index contributed by atoms with van der Waals surface area (Å²) in [5.41, 5.74) is 3.47. The Bertz CT molecular complexity index is 1040. The molecule has 3 aromatic rings. The molecule has 3 heterocycles. The fourth-order valence-electron chi connectivity index (χ4n) is 3.41. The van der Waals surface area contributed by atoms with Crippen LogP contribution in [0.5, 0.6) is 5.88 Å². The van der Waals surface area contributed by atoms with Crippen LogP contribution in [0.1, 0.15) is 31.7 Å². The molecule has 156 valence electrons. The molecule has 4 rings (SSSR count). The highest BCUT2D eigenvalue weighted by molar-refractivity contribution is 7.90. The molecule has 0 bridgehead atoms. The van der Waals surface area contributed by atoms with Crippen LogP contribution < -0.4 is 14.8 Å². The van der Waals surface area contributed by atoms with Gasteiger partial charge in [-0.05, 0) is 29.2 Å². The van der Waals surface area contributed by atoms with E-state index in [1.165, 1.54) is 6.20 Å². The van der Waals surface area contributed by atoms with Crippen molar-refractivity contribution in [2.75, 3.05) is 11.9 Å². The molecule has 8 nitrogen and oxygen atoms in total. The zero-order valence-corrected chi connectivity index (χ0v) is 17.6. The van der Waals surface area contributed by atoms with Crippen LogP contribution in [-0.2, 0) is 17.9 Å². The monoisotopic (exact) mass is 425 g/mol. The summed E-state index contributed by atoms with van der Waals surface area (Å²) in [7, 11) is 0. The molecule has 1 aromatic carbocycles. The van der Waals surface area contributed by atoms with Gasteiger partial charge in [-0.15, -0.1) is 4.72 Å². The number of nitrogens with zero attached hydrogens (tertiary/aromatic N) is 3. The molecule has 30 heavy (non-hydrogen) atoms. The van der Waals surface area contributed by atoms with E-state index in [1.54, 1.807) is 17.1 Å². The number of carbonyl (C=O) groups is 1. The van der Waals surface area contributed by atoms with Gasteiger partial charge in [-0.2, -0.15) is 5.10 Å². The summed E-state index contributed by atoms with van der Waals surface area (Å²) < 4.78 is 22.5. The Morgan fingerprint density at radius 3 is 2.83 bits per heavy atom. The van der Waals surface area contributed by atoms with Crippen LogP contribution in [-0.4, -0.2) is 32.0 Å². The summed E-state index contributed by atoms with van der Waals surface area (Å²) in [6.07, 6.45) is 5.74. The highest BCUT2D eigenvalue weighted by atomic mass is 32.2. The van der Waals surface area contributed by atoms with Crippen molar-refractivity contribution in [2.45, 2.75) is 37.6 Å². The molecule has 2 aromatic heterocycles. The van der Waals surface area contributed by atoms with Crippen LogP contribution in [0, 0.1) is 0 Å². The van der Waals surface area contributed by atoms with E-state index >= 15 is 0 Å². The molecule has 0 radical (unpaired) electrons. The Hall–Kier alpha value is -3.04. The van der Waals surface area contributed by atoms with Crippen molar-refractivity contribution in [1.82, 2.24) is 19.5 Å². The van der Waals surface area contributed by atoms with Crippen molar-refractivity contribution in [2.24, 2.45) is 0 Å². The number of carbonyl (C=O) groups excluding carboxylic acids is 1. The second kappa shape index (κ2) is 8.76. The van der Waals surface area contributed by atoms with Crippen LogP contribution in [0.3, 0.4) is 0 Å². The number of hydrogen-bond donors (Lipinski definition) is 2. The summed E-state index contributed by atoms with van der Waals surface area (Å²) in [5, 5.41) is 7.08. The first-order valence-electron chi connectivity index (χ1n) is 9.76. The van der Waals surface area contributed by atoms with Crippen molar-refractivity contribution >= 4 is 23.1 Å². The topological polar surface area (TPSA) is 104 Å². The average Bonchev–Trinajstić information content (AvgIpc) is 3.18. The molecule has 0 saturated carbocycles. The minimum Gasteiger partial charge on any atom is -0.588 e. The van der Waals surface area contributed by atoms with Gasteiger partial charge in [-0.1, -0.05) is 32.0 Å². The first-order valence-corrected chi connectivity index (χ1v) is 10.9. The molecule has 9 heteroatoms. The quantitative estimate of drug-likeness (QED) is 0.607. The van der Waals surface area contributed by atoms with Crippen molar-refractivity contribution < 1.29 is 14.1 Å². The third-order valence-electron chi connectivity index (χ3n) is 4.85. The van der Waals surface area contributed by atoms with Crippen LogP contribution in [0.25, 0.3) is 11.1 Å². The van der Waals surface area contributed by atoms with E-state index in [9.17, 15) is 9.35 Å². The molecule has 0 spiro atoms. The molecule has 2 N–H and O–H groups in total. The van der Waals surface area contributed by atoms with Crippen molar-refractivity contribution in [1.29, 1.82) is 0 Å². The molecule has 1 aliphatic heterocycles. The zero-order chi connectivity index (χ0) is 21.1. The first-order chi connectivity index (χ1) is 14.5.